The molecule has 0 amide bonds. The monoisotopic (exact) mass is 247 g/mol. The maximum Gasteiger partial charge on any atom is 0.0942 e. The van der Waals surface area contributed by atoms with Crippen molar-refractivity contribution in [3.63, 3.8) is 0 Å². The van der Waals surface area contributed by atoms with Crippen LogP contribution in [0, 0.1) is 5.92 Å². The van der Waals surface area contributed by atoms with Crippen LogP contribution in [0.4, 0.5) is 0 Å². The lowest BCUT2D eigenvalue weighted by atomic mass is 10.0. The van der Waals surface area contributed by atoms with Crippen LogP contribution in [-0.2, 0) is 6.42 Å². The van der Waals surface area contributed by atoms with Crippen LogP contribution in [-0.4, -0.2) is 29.6 Å². The standard InChI is InChI=1S/C16H25NO/c1-4-13-7-9-15(10-8-13)16(18)12(2)17(3)11-14-5-6-14/h7-10,12,14,16,18H,4-6,11H2,1-3H3. The molecule has 1 N–H and O–H groups in total. The Balaban J connectivity index is 1.96. The topological polar surface area (TPSA) is 23.5 Å². The highest BCUT2D eigenvalue weighted by Crippen LogP contribution is 2.31. The molecule has 100 valence electrons. The first kappa shape index (κ1) is 13.6. The first-order valence-corrected chi connectivity index (χ1v) is 7.09. The van der Waals surface area contributed by atoms with E-state index in [9.17, 15) is 5.11 Å². The summed E-state index contributed by atoms with van der Waals surface area (Å²) in [4.78, 5) is 2.29. The lowest BCUT2D eigenvalue weighted by Gasteiger charge is -2.29. The van der Waals surface area contributed by atoms with Crippen molar-refractivity contribution in [1.29, 1.82) is 0 Å². The van der Waals surface area contributed by atoms with Crippen molar-refractivity contribution in [3.05, 3.63) is 35.4 Å². The maximum absolute atomic E-state index is 10.4. The van der Waals surface area contributed by atoms with E-state index in [0.717, 1.165) is 24.4 Å². The number of benzene rings is 1. The number of hydrogen-bond donors (Lipinski definition) is 1. The Labute approximate surface area is 111 Å². The molecule has 1 aliphatic carbocycles. The van der Waals surface area contributed by atoms with Gasteiger partial charge >= 0.3 is 0 Å². The fourth-order valence-electron chi connectivity index (χ4n) is 2.34. The van der Waals surface area contributed by atoms with E-state index in [2.05, 4.69) is 50.1 Å². The molecule has 1 fully saturated rings. The van der Waals surface area contributed by atoms with E-state index in [1.807, 2.05) is 0 Å². The van der Waals surface area contributed by atoms with Gasteiger partial charge in [0.25, 0.3) is 0 Å². The molecule has 0 spiro atoms. The van der Waals surface area contributed by atoms with Crippen molar-refractivity contribution in [2.75, 3.05) is 13.6 Å². The summed E-state index contributed by atoms with van der Waals surface area (Å²) in [5.74, 6) is 0.868. The second kappa shape index (κ2) is 5.85. The highest BCUT2D eigenvalue weighted by atomic mass is 16.3. The van der Waals surface area contributed by atoms with Gasteiger partial charge in [-0.3, -0.25) is 0 Å². The number of rotatable bonds is 6. The van der Waals surface area contributed by atoms with Crippen molar-refractivity contribution in [3.8, 4) is 0 Å². The van der Waals surface area contributed by atoms with Gasteiger partial charge in [-0.1, -0.05) is 31.2 Å². The third kappa shape index (κ3) is 3.33. The highest BCUT2D eigenvalue weighted by molar-refractivity contribution is 5.24. The molecule has 0 radical (unpaired) electrons. The molecule has 0 bridgehead atoms. The molecule has 0 saturated heterocycles. The molecule has 2 nitrogen and oxygen atoms in total. The summed E-state index contributed by atoms with van der Waals surface area (Å²) in [6, 6.07) is 8.53. The van der Waals surface area contributed by atoms with E-state index in [1.165, 1.54) is 18.4 Å². The van der Waals surface area contributed by atoms with E-state index >= 15 is 0 Å². The van der Waals surface area contributed by atoms with E-state index in [1.54, 1.807) is 0 Å². The summed E-state index contributed by atoms with van der Waals surface area (Å²) in [6.07, 6.45) is 3.38. The Morgan fingerprint density at radius 1 is 1.28 bits per heavy atom. The lowest BCUT2D eigenvalue weighted by Crippen LogP contribution is -2.35. The van der Waals surface area contributed by atoms with E-state index in [-0.39, 0.29) is 12.1 Å². The van der Waals surface area contributed by atoms with Gasteiger partial charge in [0.2, 0.25) is 0 Å². The van der Waals surface area contributed by atoms with Gasteiger partial charge in [-0.25, -0.2) is 0 Å². The average Bonchev–Trinajstić information content (AvgIpc) is 3.21. The largest absolute Gasteiger partial charge is 0.387 e. The van der Waals surface area contributed by atoms with E-state index < -0.39 is 0 Å². The van der Waals surface area contributed by atoms with Gasteiger partial charge in [0.05, 0.1) is 6.10 Å². The highest BCUT2D eigenvalue weighted by Gasteiger charge is 2.27. The predicted octanol–water partition coefficient (Wildman–Crippen LogP) is 3.01. The van der Waals surface area contributed by atoms with Gasteiger partial charge in [-0.2, -0.15) is 0 Å². The molecule has 2 rings (SSSR count). The minimum absolute atomic E-state index is 0.179. The van der Waals surface area contributed by atoms with Crippen molar-refractivity contribution >= 4 is 0 Å². The Hall–Kier alpha value is -0.860. The molecule has 0 aliphatic heterocycles. The number of aliphatic hydroxyl groups is 1. The fourth-order valence-corrected chi connectivity index (χ4v) is 2.34. The Morgan fingerprint density at radius 2 is 1.89 bits per heavy atom. The van der Waals surface area contributed by atoms with Gasteiger partial charge in [-0.05, 0) is 50.3 Å². The SMILES string of the molecule is CCc1ccc(C(O)C(C)N(C)CC2CC2)cc1. The fraction of sp³-hybridized carbons (Fsp3) is 0.625. The summed E-state index contributed by atoms with van der Waals surface area (Å²) in [6.45, 7) is 5.38. The molecule has 2 atom stereocenters. The summed E-state index contributed by atoms with van der Waals surface area (Å²) in [5, 5.41) is 10.4. The number of aryl methyl sites for hydroxylation is 1. The van der Waals surface area contributed by atoms with Crippen molar-refractivity contribution in [2.45, 2.75) is 45.3 Å². The van der Waals surface area contributed by atoms with Gasteiger partial charge < -0.3 is 10.0 Å². The van der Waals surface area contributed by atoms with Gasteiger partial charge in [0, 0.05) is 12.6 Å². The molecule has 1 aliphatic rings. The molecule has 2 unspecified atom stereocenters. The Bertz CT molecular complexity index is 369. The zero-order valence-electron chi connectivity index (χ0n) is 11.8. The average molecular weight is 247 g/mol. The van der Waals surface area contributed by atoms with Crippen molar-refractivity contribution in [1.82, 2.24) is 4.90 Å². The van der Waals surface area contributed by atoms with Gasteiger partial charge in [-0.15, -0.1) is 0 Å². The number of nitrogens with zero attached hydrogens (tertiary/aromatic N) is 1. The van der Waals surface area contributed by atoms with E-state index in [4.69, 9.17) is 0 Å². The minimum atomic E-state index is -0.389. The van der Waals surface area contributed by atoms with Gasteiger partial charge in [0.15, 0.2) is 0 Å². The molecule has 0 heterocycles. The van der Waals surface area contributed by atoms with Crippen LogP contribution in [0.1, 0.15) is 43.9 Å². The quantitative estimate of drug-likeness (QED) is 0.835. The third-order valence-electron chi connectivity index (χ3n) is 4.12. The zero-order valence-corrected chi connectivity index (χ0v) is 11.8. The second-order valence-corrected chi connectivity index (χ2v) is 5.66. The molecule has 1 saturated carbocycles. The van der Waals surface area contributed by atoms with Crippen LogP contribution < -0.4 is 0 Å². The lowest BCUT2D eigenvalue weighted by molar-refractivity contribution is 0.0702. The van der Waals surface area contributed by atoms with Crippen LogP contribution >= 0.6 is 0 Å². The number of likely N-dealkylation sites (N-methyl/N-ethyl adjacent to an activating group) is 1. The third-order valence-corrected chi connectivity index (χ3v) is 4.12. The first-order valence-electron chi connectivity index (χ1n) is 7.09. The smallest absolute Gasteiger partial charge is 0.0942 e. The molecular weight excluding hydrogens is 222 g/mol. The molecule has 1 aromatic carbocycles. The van der Waals surface area contributed by atoms with Crippen LogP contribution in [0.25, 0.3) is 0 Å². The number of aliphatic hydroxyl groups excluding tert-OH is 1. The second-order valence-electron chi connectivity index (χ2n) is 5.66. The van der Waals surface area contributed by atoms with Crippen LogP contribution in [0.2, 0.25) is 0 Å². The summed E-state index contributed by atoms with van der Waals surface area (Å²) in [7, 11) is 2.12. The maximum atomic E-state index is 10.4. The zero-order chi connectivity index (χ0) is 13.1. The Kier molecular flexibility index (Phi) is 4.41. The summed E-state index contributed by atoms with van der Waals surface area (Å²) in [5.41, 5.74) is 2.35. The summed E-state index contributed by atoms with van der Waals surface area (Å²) < 4.78 is 0. The van der Waals surface area contributed by atoms with Gasteiger partial charge in [0.1, 0.15) is 0 Å². The molecule has 1 aromatic rings. The molecule has 18 heavy (non-hydrogen) atoms. The van der Waals surface area contributed by atoms with E-state index in [0.29, 0.717) is 0 Å². The first-order chi connectivity index (χ1) is 8.61. The van der Waals surface area contributed by atoms with Crippen molar-refractivity contribution in [2.24, 2.45) is 5.92 Å². The molecular formula is C16H25NO. The van der Waals surface area contributed by atoms with Crippen molar-refractivity contribution < 1.29 is 5.11 Å². The van der Waals surface area contributed by atoms with Crippen LogP contribution in [0.5, 0.6) is 0 Å². The molecule has 0 aromatic heterocycles. The molecule has 2 heteroatoms. The predicted molar refractivity (Wildman–Crippen MR) is 75.6 cm³/mol. The summed E-state index contributed by atoms with van der Waals surface area (Å²) >= 11 is 0. The normalized spacial score (nSPS) is 18.9. The minimum Gasteiger partial charge on any atom is -0.387 e. The Morgan fingerprint density at radius 3 is 2.39 bits per heavy atom. The van der Waals surface area contributed by atoms with Crippen LogP contribution in [0.3, 0.4) is 0 Å². The van der Waals surface area contributed by atoms with Crippen LogP contribution in [0.15, 0.2) is 24.3 Å². The number of hydrogen-bond acceptors (Lipinski definition) is 2.